The molecule has 0 atom stereocenters. The molecule has 1 aromatic carbocycles. The molecule has 1 aliphatic rings. The number of benzene rings is 1. The predicted molar refractivity (Wildman–Crippen MR) is 76.7 cm³/mol. The Morgan fingerprint density at radius 2 is 2.00 bits per heavy atom. The van der Waals surface area contributed by atoms with Crippen LogP contribution >= 0.6 is 0 Å². The number of carbonyl (C=O) groups is 1. The summed E-state index contributed by atoms with van der Waals surface area (Å²) in [6, 6.07) is 3.06. The van der Waals surface area contributed by atoms with E-state index in [0.29, 0.717) is 25.2 Å². The van der Waals surface area contributed by atoms with Gasteiger partial charge in [0.1, 0.15) is 0 Å². The number of sulfonamides is 1. The van der Waals surface area contributed by atoms with Crippen molar-refractivity contribution in [3.8, 4) is 0 Å². The van der Waals surface area contributed by atoms with E-state index in [9.17, 15) is 13.2 Å². The molecular formula is C13H19N3O3S. The Kier molecular flexibility index (Phi) is 4.01. The standard InChI is InChI=1S/C13H19N3O3S/c1-9-6-11(7-12(14)10(9)2)20(18,19)16-5-3-4-15-13(17)8-16/h6-7H,3-5,8,14H2,1-2H3,(H,15,17). The molecule has 3 N–H and O–H groups in total. The van der Waals surface area contributed by atoms with Gasteiger partial charge in [0.15, 0.2) is 0 Å². The second-order valence-electron chi connectivity index (χ2n) is 5.00. The topological polar surface area (TPSA) is 92.5 Å². The molecule has 1 fully saturated rings. The smallest absolute Gasteiger partial charge is 0.243 e. The maximum atomic E-state index is 12.6. The number of anilines is 1. The minimum atomic E-state index is -3.69. The summed E-state index contributed by atoms with van der Waals surface area (Å²) in [6.07, 6.45) is 0.602. The number of hydrogen-bond acceptors (Lipinski definition) is 4. The summed E-state index contributed by atoms with van der Waals surface area (Å²) < 4.78 is 26.4. The molecule has 2 rings (SSSR count). The number of nitrogen functional groups attached to an aromatic ring is 1. The molecule has 0 aromatic heterocycles. The van der Waals surface area contributed by atoms with Gasteiger partial charge in [-0.25, -0.2) is 8.42 Å². The lowest BCUT2D eigenvalue weighted by molar-refractivity contribution is -0.120. The number of aryl methyl sites for hydroxylation is 1. The van der Waals surface area contributed by atoms with Gasteiger partial charge in [0.25, 0.3) is 0 Å². The van der Waals surface area contributed by atoms with Gasteiger partial charge in [-0.3, -0.25) is 4.79 Å². The number of hydrogen-bond donors (Lipinski definition) is 2. The fourth-order valence-electron chi connectivity index (χ4n) is 2.13. The van der Waals surface area contributed by atoms with Gasteiger partial charge in [0.2, 0.25) is 15.9 Å². The van der Waals surface area contributed by atoms with Gasteiger partial charge in [-0.2, -0.15) is 4.31 Å². The molecule has 0 unspecified atom stereocenters. The molecule has 0 aliphatic carbocycles. The van der Waals surface area contributed by atoms with Crippen molar-refractivity contribution in [2.75, 3.05) is 25.4 Å². The van der Waals surface area contributed by atoms with Crippen LogP contribution in [0.25, 0.3) is 0 Å². The van der Waals surface area contributed by atoms with Crippen LogP contribution in [-0.2, 0) is 14.8 Å². The number of amides is 1. The van der Waals surface area contributed by atoms with Crippen LogP contribution in [0.2, 0.25) is 0 Å². The van der Waals surface area contributed by atoms with Gasteiger partial charge < -0.3 is 11.1 Å². The highest BCUT2D eigenvalue weighted by Crippen LogP contribution is 2.24. The number of nitrogens with one attached hydrogen (secondary N) is 1. The lowest BCUT2D eigenvalue weighted by Gasteiger charge is -2.20. The molecule has 1 aromatic rings. The Hall–Kier alpha value is -1.60. The Bertz CT molecular complexity index is 617. The van der Waals surface area contributed by atoms with Crippen LogP contribution in [0, 0.1) is 13.8 Å². The van der Waals surface area contributed by atoms with Crippen molar-refractivity contribution < 1.29 is 13.2 Å². The van der Waals surface area contributed by atoms with Crippen molar-refractivity contribution in [3.63, 3.8) is 0 Å². The van der Waals surface area contributed by atoms with E-state index in [2.05, 4.69) is 5.32 Å². The summed E-state index contributed by atoms with van der Waals surface area (Å²) in [6.45, 7) is 4.35. The van der Waals surface area contributed by atoms with Crippen molar-refractivity contribution in [2.45, 2.75) is 25.2 Å². The first-order chi connectivity index (χ1) is 9.32. The molecule has 20 heavy (non-hydrogen) atoms. The second-order valence-corrected chi connectivity index (χ2v) is 6.93. The van der Waals surface area contributed by atoms with Crippen LogP contribution in [0.15, 0.2) is 17.0 Å². The fourth-order valence-corrected chi connectivity index (χ4v) is 3.69. The zero-order valence-corrected chi connectivity index (χ0v) is 12.5. The molecule has 110 valence electrons. The highest BCUT2D eigenvalue weighted by atomic mass is 32.2. The van der Waals surface area contributed by atoms with E-state index in [1.165, 1.54) is 10.4 Å². The van der Waals surface area contributed by atoms with Crippen LogP contribution in [0.5, 0.6) is 0 Å². The van der Waals surface area contributed by atoms with Gasteiger partial charge in [0, 0.05) is 18.8 Å². The highest BCUT2D eigenvalue weighted by Gasteiger charge is 2.28. The summed E-state index contributed by atoms with van der Waals surface area (Å²) in [5, 5.41) is 2.66. The predicted octanol–water partition coefficient (Wildman–Crippen LogP) is 0.396. The quantitative estimate of drug-likeness (QED) is 0.773. The SMILES string of the molecule is Cc1cc(S(=O)(=O)N2CCCNC(=O)C2)cc(N)c1C. The molecule has 0 bridgehead atoms. The minimum Gasteiger partial charge on any atom is -0.398 e. The van der Waals surface area contributed by atoms with Crippen molar-refractivity contribution >= 4 is 21.6 Å². The molecule has 0 saturated carbocycles. The molecule has 0 radical (unpaired) electrons. The van der Waals surface area contributed by atoms with Crippen LogP contribution in [0.4, 0.5) is 5.69 Å². The summed E-state index contributed by atoms with van der Waals surface area (Å²) in [7, 11) is -3.69. The Morgan fingerprint density at radius 1 is 1.30 bits per heavy atom. The maximum Gasteiger partial charge on any atom is 0.243 e. The molecule has 7 heteroatoms. The molecule has 0 spiro atoms. The zero-order valence-electron chi connectivity index (χ0n) is 11.6. The Morgan fingerprint density at radius 3 is 2.65 bits per heavy atom. The van der Waals surface area contributed by atoms with Crippen molar-refractivity contribution in [3.05, 3.63) is 23.3 Å². The summed E-state index contributed by atoms with van der Waals surface area (Å²) in [4.78, 5) is 11.7. The number of nitrogens with two attached hydrogens (primary N) is 1. The third-order valence-electron chi connectivity index (χ3n) is 3.55. The van der Waals surface area contributed by atoms with Gasteiger partial charge in [0.05, 0.1) is 11.4 Å². The van der Waals surface area contributed by atoms with Crippen molar-refractivity contribution in [2.24, 2.45) is 0 Å². The van der Waals surface area contributed by atoms with E-state index in [1.807, 2.05) is 13.8 Å². The van der Waals surface area contributed by atoms with Gasteiger partial charge in [-0.15, -0.1) is 0 Å². The van der Waals surface area contributed by atoms with E-state index in [1.54, 1.807) is 6.07 Å². The average Bonchev–Trinajstić information content (AvgIpc) is 2.60. The highest BCUT2D eigenvalue weighted by molar-refractivity contribution is 7.89. The van der Waals surface area contributed by atoms with Crippen molar-refractivity contribution in [1.82, 2.24) is 9.62 Å². The second kappa shape index (κ2) is 5.41. The van der Waals surface area contributed by atoms with Crippen LogP contribution in [-0.4, -0.2) is 38.3 Å². The molecule has 6 nitrogen and oxygen atoms in total. The Balaban J connectivity index is 2.41. The summed E-state index contributed by atoms with van der Waals surface area (Å²) in [5.74, 6) is -0.275. The average molecular weight is 297 g/mol. The first-order valence-corrected chi connectivity index (χ1v) is 7.90. The number of nitrogens with zero attached hydrogens (tertiary/aromatic N) is 1. The number of rotatable bonds is 2. The third-order valence-corrected chi connectivity index (χ3v) is 5.37. The largest absolute Gasteiger partial charge is 0.398 e. The van der Waals surface area contributed by atoms with E-state index >= 15 is 0 Å². The van der Waals surface area contributed by atoms with Gasteiger partial charge >= 0.3 is 0 Å². The molecule has 1 amide bonds. The minimum absolute atomic E-state index is 0.144. The van der Waals surface area contributed by atoms with Crippen LogP contribution in [0.1, 0.15) is 17.5 Å². The molecule has 1 aliphatic heterocycles. The van der Waals surface area contributed by atoms with Crippen molar-refractivity contribution in [1.29, 1.82) is 0 Å². The monoisotopic (exact) mass is 297 g/mol. The first-order valence-electron chi connectivity index (χ1n) is 6.46. The van der Waals surface area contributed by atoms with E-state index < -0.39 is 10.0 Å². The summed E-state index contributed by atoms with van der Waals surface area (Å²) >= 11 is 0. The summed E-state index contributed by atoms with van der Waals surface area (Å²) in [5.41, 5.74) is 7.99. The van der Waals surface area contributed by atoms with E-state index in [4.69, 9.17) is 5.73 Å². The van der Waals surface area contributed by atoms with E-state index in [-0.39, 0.29) is 17.3 Å². The van der Waals surface area contributed by atoms with Crippen LogP contribution < -0.4 is 11.1 Å². The van der Waals surface area contributed by atoms with E-state index in [0.717, 1.165) is 11.1 Å². The van der Waals surface area contributed by atoms with Gasteiger partial charge in [-0.05, 0) is 43.5 Å². The third kappa shape index (κ3) is 2.78. The first kappa shape index (κ1) is 14.8. The lowest BCUT2D eigenvalue weighted by atomic mass is 10.1. The normalized spacial score (nSPS) is 17.6. The molecule has 1 saturated heterocycles. The molecular weight excluding hydrogens is 278 g/mol. The molecule has 1 heterocycles. The van der Waals surface area contributed by atoms with Crippen LogP contribution in [0.3, 0.4) is 0 Å². The zero-order chi connectivity index (χ0) is 14.9. The Labute approximate surface area is 119 Å². The van der Waals surface area contributed by atoms with Gasteiger partial charge in [-0.1, -0.05) is 0 Å². The maximum absolute atomic E-state index is 12.6. The fraction of sp³-hybridized carbons (Fsp3) is 0.462. The lowest BCUT2D eigenvalue weighted by Crippen LogP contribution is -2.37. The number of carbonyl (C=O) groups excluding carboxylic acids is 1.